The first-order chi connectivity index (χ1) is 10.3. The van der Waals surface area contributed by atoms with E-state index in [0.29, 0.717) is 24.9 Å². The SMILES string of the molecule is CCOCc1nc(NN)cc(NCCc2ccccc2)n1. The van der Waals surface area contributed by atoms with Crippen molar-refractivity contribution >= 4 is 11.6 Å². The Kier molecular flexibility index (Phi) is 5.93. The van der Waals surface area contributed by atoms with Gasteiger partial charge in [0.25, 0.3) is 0 Å². The topological polar surface area (TPSA) is 85.1 Å². The number of ether oxygens (including phenoxy) is 1. The lowest BCUT2D eigenvalue weighted by Crippen LogP contribution is -2.14. The van der Waals surface area contributed by atoms with Crippen LogP contribution in [0, 0.1) is 0 Å². The van der Waals surface area contributed by atoms with Crippen molar-refractivity contribution in [3.8, 4) is 0 Å². The van der Waals surface area contributed by atoms with Crippen LogP contribution in [0.15, 0.2) is 36.4 Å². The van der Waals surface area contributed by atoms with E-state index in [1.807, 2.05) is 25.1 Å². The Labute approximate surface area is 124 Å². The van der Waals surface area contributed by atoms with Gasteiger partial charge in [0.05, 0.1) is 0 Å². The van der Waals surface area contributed by atoms with Crippen LogP contribution < -0.4 is 16.6 Å². The Bertz CT molecular complexity index is 547. The normalized spacial score (nSPS) is 10.4. The first-order valence-electron chi connectivity index (χ1n) is 7.02. The van der Waals surface area contributed by atoms with Gasteiger partial charge in [-0.15, -0.1) is 0 Å². The minimum atomic E-state index is 0.374. The van der Waals surface area contributed by atoms with Crippen LogP contribution in [0.3, 0.4) is 0 Å². The minimum Gasteiger partial charge on any atom is -0.374 e. The summed E-state index contributed by atoms with van der Waals surface area (Å²) in [4.78, 5) is 8.65. The first-order valence-corrected chi connectivity index (χ1v) is 7.02. The fourth-order valence-corrected chi connectivity index (χ4v) is 1.90. The number of nitrogen functional groups attached to an aromatic ring is 1. The average Bonchev–Trinajstić information content (AvgIpc) is 2.53. The lowest BCUT2D eigenvalue weighted by Gasteiger charge is -2.10. The molecule has 0 aliphatic rings. The van der Waals surface area contributed by atoms with E-state index in [2.05, 4.69) is 32.8 Å². The Hall–Kier alpha value is -2.18. The van der Waals surface area contributed by atoms with Gasteiger partial charge in [0.1, 0.15) is 18.2 Å². The van der Waals surface area contributed by atoms with Gasteiger partial charge >= 0.3 is 0 Å². The van der Waals surface area contributed by atoms with Crippen molar-refractivity contribution in [1.29, 1.82) is 0 Å². The quantitative estimate of drug-likeness (QED) is 0.508. The number of hydrogen-bond acceptors (Lipinski definition) is 6. The maximum Gasteiger partial charge on any atom is 0.158 e. The van der Waals surface area contributed by atoms with Gasteiger partial charge in [-0.25, -0.2) is 15.8 Å². The van der Waals surface area contributed by atoms with Crippen molar-refractivity contribution in [2.24, 2.45) is 5.84 Å². The average molecular weight is 287 g/mol. The molecule has 0 atom stereocenters. The van der Waals surface area contributed by atoms with E-state index in [0.717, 1.165) is 18.8 Å². The summed E-state index contributed by atoms with van der Waals surface area (Å²) in [5.41, 5.74) is 3.83. The zero-order valence-electron chi connectivity index (χ0n) is 12.2. The first kappa shape index (κ1) is 15.2. The summed E-state index contributed by atoms with van der Waals surface area (Å²) in [5, 5.41) is 3.28. The monoisotopic (exact) mass is 287 g/mol. The molecule has 6 heteroatoms. The van der Waals surface area contributed by atoms with Crippen LogP contribution in [-0.2, 0) is 17.8 Å². The molecule has 0 bridgehead atoms. The molecule has 4 N–H and O–H groups in total. The number of hydrogen-bond donors (Lipinski definition) is 3. The molecule has 1 aromatic carbocycles. The van der Waals surface area contributed by atoms with Crippen LogP contribution in [-0.4, -0.2) is 23.1 Å². The van der Waals surface area contributed by atoms with Crippen LogP contribution in [0.5, 0.6) is 0 Å². The van der Waals surface area contributed by atoms with Gasteiger partial charge in [-0.2, -0.15) is 0 Å². The number of benzene rings is 1. The van der Waals surface area contributed by atoms with Crippen LogP contribution in [0.1, 0.15) is 18.3 Å². The molecule has 2 rings (SSSR count). The molecule has 1 aromatic heterocycles. The molecular weight excluding hydrogens is 266 g/mol. The van der Waals surface area contributed by atoms with Crippen molar-refractivity contribution in [2.75, 3.05) is 23.9 Å². The lowest BCUT2D eigenvalue weighted by molar-refractivity contribution is 0.128. The van der Waals surface area contributed by atoms with Gasteiger partial charge in [-0.3, -0.25) is 0 Å². The van der Waals surface area contributed by atoms with Crippen LogP contribution in [0.2, 0.25) is 0 Å². The van der Waals surface area contributed by atoms with Gasteiger partial charge in [0.15, 0.2) is 5.82 Å². The van der Waals surface area contributed by atoms with Crippen LogP contribution in [0.25, 0.3) is 0 Å². The number of rotatable bonds is 8. The van der Waals surface area contributed by atoms with Crippen molar-refractivity contribution < 1.29 is 4.74 Å². The Morgan fingerprint density at radius 2 is 1.90 bits per heavy atom. The second-order valence-electron chi connectivity index (χ2n) is 4.50. The van der Waals surface area contributed by atoms with Gasteiger partial charge in [-0.05, 0) is 18.9 Å². The maximum atomic E-state index is 5.43. The van der Waals surface area contributed by atoms with Gasteiger partial charge < -0.3 is 15.5 Å². The van der Waals surface area contributed by atoms with E-state index in [1.54, 1.807) is 6.07 Å². The molecule has 112 valence electrons. The van der Waals surface area contributed by atoms with E-state index < -0.39 is 0 Å². The predicted octanol–water partition coefficient (Wildman–Crippen LogP) is 1.95. The minimum absolute atomic E-state index is 0.374. The van der Waals surface area contributed by atoms with E-state index in [4.69, 9.17) is 10.6 Å². The van der Waals surface area contributed by atoms with E-state index in [9.17, 15) is 0 Å². The largest absolute Gasteiger partial charge is 0.374 e. The number of nitrogens with one attached hydrogen (secondary N) is 2. The molecule has 0 fully saturated rings. The summed E-state index contributed by atoms with van der Waals surface area (Å²) in [6.45, 7) is 3.73. The Balaban J connectivity index is 1.95. The molecule has 21 heavy (non-hydrogen) atoms. The summed E-state index contributed by atoms with van der Waals surface area (Å²) in [6.07, 6.45) is 0.928. The molecule has 0 saturated carbocycles. The summed E-state index contributed by atoms with van der Waals surface area (Å²) < 4.78 is 5.33. The summed E-state index contributed by atoms with van der Waals surface area (Å²) in [7, 11) is 0. The van der Waals surface area contributed by atoms with Gasteiger partial charge in [-0.1, -0.05) is 30.3 Å². The fraction of sp³-hybridized carbons (Fsp3) is 0.333. The lowest BCUT2D eigenvalue weighted by atomic mass is 10.1. The number of aromatic nitrogens is 2. The highest BCUT2D eigenvalue weighted by molar-refractivity contribution is 5.46. The van der Waals surface area contributed by atoms with Crippen molar-refractivity contribution in [3.63, 3.8) is 0 Å². The van der Waals surface area contributed by atoms with E-state index in [1.165, 1.54) is 5.56 Å². The van der Waals surface area contributed by atoms with Crippen LogP contribution in [0.4, 0.5) is 11.6 Å². The molecule has 0 spiro atoms. The number of nitrogens with two attached hydrogens (primary N) is 1. The van der Waals surface area contributed by atoms with Crippen molar-refractivity contribution in [3.05, 3.63) is 47.8 Å². The smallest absolute Gasteiger partial charge is 0.158 e. The predicted molar refractivity (Wildman–Crippen MR) is 83.8 cm³/mol. The number of nitrogens with zero attached hydrogens (tertiary/aromatic N) is 2. The molecule has 1 heterocycles. The second-order valence-corrected chi connectivity index (χ2v) is 4.50. The van der Waals surface area contributed by atoms with Crippen molar-refractivity contribution in [1.82, 2.24) is 9.97 Å². The molecule has 0 radical (unpaired) electrons. The molecule has 0 saturated heterocycles. The Morgan fingerprint density at radius 3 is 2.62 bits per heavy atom. The molecule has 0 aliphatic carbocycles. The molecule has 0 amide bonds. The zero-order valence-corrected chi connectivity index (χ0v) is 12.2. The second kappa shape index (κ2) is 8.18. The Morgan fingerprint density at radius 1 is 1.14 bits per heavy atom. The third-order valence-electron chi connectivity index (χ3n) is 2.92. The van der Waals surface area contributed by atoms with Crippen LogP contribution >= 0.6 is 0 Å². The molecule has 0 unspecified atom stereocenters. The van der Waals surface area contributed by atoms with E-state index >= 15 is 0 Å². The summed E-state index contributed by atoms with van der Waals surface area (Å²) >= 11 is 0. The van der Waals surface area contributed by atoms with Gasteiger partial charge in [0.2, 0.25) is 0 Å². The molecule has 0 aliphatic heterocycles. The maximum absolute atomic E-state index is 5.43. The molecule has 2 aromatic rings. The molecular formula is C15H21N5O. The summed E-state index contributed by atoms with van der Waals surface area (Å²) in [6, 6.07) is 12.1. The molecule has 6 nitrogen and oxygen atoms in total. The summed E-state index contributed by atoms with van der Waals surface area (Å²) in [5.74, 6) is 7.34. The number of anilines is 2. The highest BCUT2D eigenvalue weighted by atomic mass is 16.5. The zero-order chi connectivity index (χ0) is 14.9. The third-order valence-corrected chi connectivity index (χ3v) is 2.92. The van der Waals surface area contributed by atoms with Gasteiger partial charge in [0, 0.05) is 19.2 Å². The fourth-order valence-electron chi connectivity index (χ4n) is 1.90. The third kappa shape index (κ3) is 5.02. The van der Waals surface area contributed by atoms with Crippen molar-refractivity contribution in [2.45, 2.75) is 20.0 Å². The highest BCUT2D eigenvalue weighted by Crippen LogP contribution is 2.11. The number of hydrazine groups is 1. The highest BCUT2D eigenvalue weighted by Gasteiger charge is 2.04. The van der Waals surface area contributed by atoms with E-state index in [-0.39, 0.29) is 0 Å². The standard InChI is InChI=1S/C15H21N5O/c1-2-21-11-15-18-13(10-14(19-15)20-16)17-9-8-12-6-4-3-5-7-12/h3-7,10H,2,8-9,11,16H2,1H3,(H2,17,18,19,20).